The monoisotopic (exact) mass is 239 g/mol. The highest BCUT2D eigenvalue weighted by Gasteiger charge is 2.43. The summed E-state index contributed by atoms with van der Waals surface area (Å²) < 4.78 is 0. The summed E-state index contributed by atoms with van der Waals surface area (Å²) in [5.41, 5.74) is 9.30. The summed E-state index contributed by atoms with van der Waals surface area (Å²) in [6, 6.07) is 0. The van der Waals surface area contributed by atoms with E-state index < -0.39 is 0 Å². The Balaban J connectivity index is 1.96. The van der Waals surface area contributed by atoms with Gasteiger partial charge in [-0.2, -0.15) is 0 Å². The summed E-state index contributed by atoms with van der Waals surface area (Å²) in [6.07, 6.45) is 8.62. The van der Waals surface area contributed by atoms with Gasteiger partial charge in [-0.1, -0.05) is 31.6 Å². The minimum atomic E-state index is 0.662. The van der Waals surface area contributed by atoms with Crippen molar-refractivity contribution in [3.8, 4) is 0 Å². The highest BCUT2D eigenvalue weighted by molar-refractivity contribution is 5.82. The van der Waals surface area contributed by atoms with E-state index in [1.54, 1.807) is 16.7 Å². The predicted molar refractivity (Wildman–Crippen MR) is 76.6 cm³/mol. The van der Waals surface area contributed by atoms with Gasteiger partial charge in [-0.3, -0.25) is 0 Å². The Kier molecular flexibility index (Phi) is 2.02. The fraction of sp³-hybridized carbons (Fsp3) is 0.529. The first-order chi connectivity index (χ1) is 8.70. The SMILES string of the molecule is CCC1=C(C)c2c([nH]c3c2C=CC2CC32)C(C)C1. The Hall–Kier alpha value is -1.24. The molecule has 1 fully saturated rings. The number of aromatic amines is 1. The largest absolute Gasteiger partial charge is 0.361 e. The second kappa shape index (κ2) is 3.40. The Morgan fingerprint density at radius 3 is 2.94 bits per heavy atom. The zero-order valence-electron chi connectivity index (χ0n) is 11.5. The molecule has 1 aromatic rings. The van der Waals surface area contributed by atoms with Gasteiger partial charge in [0.15, 0.2) is 0 Å². The van der Waals surface area contributed by atoms with Crippen LogP contribution >= 0.6 is 0 Å². The van der Waals surface area contributed by atoms with E-state index in [4.69, 9.17) is 0 Å². The van der Waals surface area contributed by atoms with Gasteiger partial charge in [0.05, 0.1) is 0 Å². The molecule has 0 aliphatic heterocycles. The van der Waals surface area contributed by atoms with E-state index in [0.717, 1.165) is 11.8 Å². The molecule has 1 aromatic heterocycles. The number of hydrogen-bond acceptors (Lipinski definition) is 0. The summed E-state index contributed by atoms with van der Waals surface area (Å²) in [6.45, 7) is 6.99. The molecule has 1 heterocycles. The van der Waals surface area contributed by atoms with Crippen molar-refractivity contribution in [1.82, 2.24) is 4.98 Å². The molecule has 0 saturated heterocycles. The number of hydrogen-bond donors (Lipinski definition) is 1. The number of allylic oxidation sites excluding steroid dienone is 3. The van der Waals surface area contributed by atoms with Gasteiger partial charge in [-0.25, -0.2) is 0 Å². The molecule has 4 rings (SSSR count). The van der Waals surface area contributed by atoms with Crippen LogP contribution < -0.4 is 0 Å². The van der Waals surface area contributed by atoms with Crippen molar-refractivity contribution >= 4 is 11.6 Å². The first-order valence-electron chi connectivity index (χ1n) is 7.33. The zero-order valence-corrected chi connectivity index (χ0v) is 11.5. The van der Waals surface area contributed by atoms with Crippen molar-refractivity contribution < 1.29 is 0 Å². The first kappa shape index (κ1) is 10.7. The third-order valence-electron chi connectivity index (χ3n) is 5.20. The van der Waals surface area contributed by atoms with Crippen molar-refractivity contribution in [1.29, 1.82) is 0 Å². The minimum Gasteiger partial charge on any atom is -0.361 e. The molecule has 3 aliphatic carbocycles. The molecule has 1 N–H and O–H groups in total. The summed E-state index contributed by atoms with van der Waals surface area (Å²) in [7, 11) is 0. The number of rotatable bonds is 1. The lowest BCUT2D eigenvalue weighted by atomic mass is 9.81. The maximum absolute atomic E-state index is 3.78. The second-order valence-electron chi connectivity index (χ2n) is 6.29. The molecule has 3 aliphatic rings. The molecule has 1 heteroatoms. The highest BCUT2D eigenvalue weighted by Crippen LogP contribution is 2.55. The zero-order chi connectivity index (χ0) is 12.4. The number of aromatic nitrogens is 1. The fourth-order valence-electron chi connectivity index (χ4n) is 3.98. The van der Waals surface area contributed by atoms with Crippen LogP contribution in [0.2, 0.25) is 0 Å². The van der Waals surface area contributed by atoms with Crippen LogP contribution in [-0.2, 0) is 0 Å². The van der Waals surface area contributed by atoms with E-state index >= 15 is 0 Å². The van der Waals surface area contributed by atoms with Crippen LogP contribution in [0.25, 0.3) is 11.6 Å². The highest BCUT2D eigenvalue weighted by atomic mass is 14.8. The van der Waals surface area contributed by atoms with E-state index in [0.29, 0.717) is 5.92 Å². The van der Waals surface area contributed by atoms with E-state index in [-0.39, 0.29) is 0 Å². The van der Waals surface area contributed by atoms with Gasteiger partial charge in [-0.15, -0.1) is 0 Å². The molecule has 0 aromatic carbocycles. The van der Waals surface area contributed by atoms with E-state index in [1.807, 2.05) is 0 Å². The number of H-pyrrole nitrogens is 1. The molecule has 0 spiro atoms. The summed E-state index contributed by atoms with van der Waals surface area (Å²) in [5.74, 6) is 2.30. The Labute approximate surface area is 109 Å². The van der Waals surface area contributed by atoms with Crippen LogP contribution in [-0.4, -0.2) is 4.98 Å². The number of nitrogens with one attached hydrogen (secondary N) is 1. The third-order valence-corrected chi connectivity index (χ3v) is 5.20. The van der Waals surface area contributed by atoms with Crippen molar-refractivity contribution in [2.75, 3.05) is 0 Å². The van der Waals surface area contributed by atoms with Gasteiger partial charge < -0.3 is 4.98 Å². The van der Waals surface area contributed by atoms with Gasteiger partial charge in [0, 0.05) is 34.4 Å². The molecule has 3 atom stereocenters. The van der Waals surface area contributed by atoms with Crippen LogP contribution in [0.3, 0.4) is 0 Å². The van der Waals surface area contributed by atoms with Crippen LogP contribution in [0.4, 0.5) is 0 Å². The summed E-state index contributed by atoms with van der Waals surface area (Å²) in [4.78, 5) is 3.78. The molecule has 0 bridgehead atoms. The molecule has 3 unspecified atom stereocenters. The molecule has 1 saturated carbocycles. The van der Waals surface area contributed by atoms with E-state index in [1.165, 1.54) is 36.2 Å². The van der Waals surface area contributed by atoms with Gasteiger partial charge in [0.1, 0.15) is 0 Å². The summed E-state index contributed by atoms with van der Waals surface area (Å²) in [5, 5.41) is 0. The van der Waals surface area contributed by atoms with Crippen molar-refractivity contribution in [2.24, 2.45) is 5.92 Å². The lowest BCUT2D eigenvalue weighted by Crippen LogP contribution is -2.07. The fourth-order valence-corrected chi connectivity index (χ4v) is 3.98. The minimum absolute atomic E-state index is 0.662. The topological polar surface area (TPSA) is 15.8 Å². The van der Waals surface area contributed by atoms with Crippen LogP contribution in [0.15, 0.2) is 11.6 Å². The van der Waals surface area contributed by atoms with Crippen molar-refractivity contribution in [2.45, 2.75) is 51.9 Å². The maximum Gasteiger partial charge on any atom is 0.0266 e. The molecule has 94 valence electrons. The average Bonchev–Trinajstić information content (AvgIpc) is 3.06. The molecule has 0 radical (unpaired) electrons. The number of fused-ring (bicyclic) bond motifs is 5. The Bertz CT molecular complexity index is 585. The average molecular weight is 239 g/mol. The third kappa shape index (κ3) is 1.23. The molecular weight excluding hydrogens is 218 g/mol. The standard InChI is InChI=1S/C17H21N/c1-4-11-7-9(2)16-15(10(11)3)13-6-5-12-8-14(12)17(13)18-16/h5-6,9,12,14,18H,4,7-8H2,1-3H3. The van der Waals surface area contributed by atoms with E-state index in [9.17, 15) is 0 Å². The first-order valence-corrected chi connectivity index (χ1v) is 7.33. The second-order valence-corrected chi connectivity index (χ2v) is 6.29. The molecule has 18 heavy (non-hydrogen) atoms. The van der Waals surface area contributed by atoms with Gasteiger partial charge >= 0.3 is 0 Å². The van der Waals surface area contributed by atoms with Gasteiger partial charge in [0.2, 0.25) is 0 Å². The normalized spacial score (nSPS) is 32.1. The smallest absolute Gasteiger partial charge is 0.0266 e. The van der Waals surface area contributed by atoms with Gasteiger partial charge in [0.25, 0.3) is 0 Å². The molecule has 1 nitrogen and oxygen atoms in total. The molecular formula is C17H21N. The Morgan fingerprint density at radius 2 is 2.17 bits per heavy atom. The van der Waals surface area contributed by atoms with Crippen molar-refractivity contribution in [3.05, 3.63) is 34.2 Å². The summed E-state index contributed by atoms with van der Waals surface area (Å²) >= 11 is 0. The Morgan fingerprint density at radius 1 is 1.33 bits per heavy atom. The maximum atomic E-state index is 3.78. The lowest BCUT2D eigenvalue weighted by Gasteiger charge is -2.24. The van der Waals surface area contributed by atoms with Crippen LogP contribution in [0.5, 0.6) is 0 Å². The quantitative estimate of drug-likeness (QED) is 0.722. The molecule has 0 amide bonds. The van der Waals surface area contributed by atoms with E-state index in [2.05, 4.69) is 37.9 Å². The lowest BCUT2D eigenvalue weighted by molar-refractivity contribution is 0.696. The van der Waals surface area contributed by atoms with Gasteiger partial charge in [-0.05, 0) is 37.7 Å². The predicted octanol–water partition coefficient (Wildman–Crippen LogP) is 4.84. The van der Waals surface area contributed by atoms with Crippen LogP contribution in [0.1, 0.15) is 74.4 Å². The van der Waals surface area contributed by atoms with Crippen molar-refractivity contribution in [3.63, 3.8) is 0 Å². The van der Waals surface area contributed by atoms with Crippen LogP contribution in [0, 0.1) is 5.92 Å².